The molecule has 0 bridgehead atoms. The average molecular weight is 273 g/mol. The Balaban J connectivity index is 1.83. The largest absolute Gasteiger partial charge is 0.379 e. The van der Waals surface area contributed by atoms with Crippen LogP contribution in [0, 0.1) is 6.92 Å². The van der Waals surface area contributed by atoms with Crippen LogP contribution < -0.4 is 5.32 Å². The Kier molecular flexibility index (Phi) is 3.80. The van der Waals surface area contributed by atoms with Crippen LogP contribution in [0.3, 0.4) is 0 Å². The summed E-state index contributed by atoms with van der Waals surface area (Å²) >= 11 is 0. The standard InChI is InChI=1S/C15H19N3O2/c1-3-16-13-9-19-8-12(13)15-17-14(18-20-15)11-6-4-5-10(2)7-11/h4-7,12-13,16H,3,8-9H2,1-2H3. The molecule has 0 radical (unpaired) electrons. The third-order valence-corrected chi connectivity index (χ3v) is 3.58. The van der Waals surface area contributed by atoms with E-state index >= 15 is 0 Å². The molecular weight excluding hydrogens is 254 g/mol. The highest BCUT2D eigenvalue weighted by Gasteiger charge is 2.33. The molecule has 1 fully saturated rings. The van der Waals surface area contributed by atoms with Crippen LogP contribution in [0.2, 0.25) is 0 Å². The van der Waals surface area contributed by atoms with Crippen LogP contribution in [0.15, 0.2) is 28.8 Å². The zero-order valence-corrected chi connectivity index (χ0v) is 11.8. The van der Waals surface area contributed by atoms with Crippen molar-refractivity contribution in [2.45, 2.75) is 25.8 Å². The van der Waals surface area contributed by atoms with Gasteiger partial charge in [0.15, 0.2) is 0 Å². The maximum absolute atomic E-state index is 5.52. The van der Waals surface area contributed by atoms with Crippen molar-refractivity contribution in [2.24, 2.45) is 0 Å². The van der Waals surface area contributed by atoms with Crippen LogP contribution in [-0.2, 0) is 4.74 Å². The predicted octanol–water partition coefficient (Wildman–Crippen LogP) is 2.14. The van der Waals surface area contributed by atoms with Crippen LogP contribution >= 0.6 is 0 Å². The van der Waals surface area contributed by atoms with Crippen molar-refractivity contribution in [2.75, 3.05) is 19.8 Å². The molecule has 2 unspecified atom stereocenters. The second-order valence-electron chi connectivity index (χ2n) is 5.13. The minimum Gasteiger partial charge on any atom is -0.379 e. The van der Waals surface area contributed by atoms with E-state index in [9.17, 15) is 0 Å². The van der Waals surface area contributed by atoms with Gasteiger partial charge in [-0.3, -0.25) is 0 Å². The molecule has 3 rings (SSSR count). The summed E-state index contributed by atoms with van der Waals surface area (Å²) in [5.74, 6) is 1.44. The van der Waals surface area contributed by atoms with E-state index in [1.54, 1.807) is 0 Å². The first-order chi connectivity index (χ1) is 9.78. The van der Waals surface area contributed by atoms with Gasteiger partial charge in [-0.05, 0) is 19.5 Å². The van der Waals surface area contributed by atoms with Gasteiger partial charge in [0.1, 0.15) is 0 Å². The van der Waals surface area contributed by atoms with Gasteiger partial charge in [0.05, 0.1) is 19.1 Å². The summed E-state index contributed by atoms with van der Waals surface area (Å²) in [7, 11) is 0. The Morgan fingerprint density at radius 2 is 2.25 bits per heavy atom. The molecule has 1 N–H and O–H groups in total. The lowest BCUT2D eigenvalue weighted by Crippen LogP contribution is -2.34. The summed E-state index contributed by atoms with van der Waals surface area (Å²) in [5, 5.41) is 7.50. The zero-order chi connectivity index (χ0) is 13.9. The number of aromatic nitrogens is 2. The van der Waals surface area contributed by atoms with Gasteiger partial charge in [0.25, 0.3) is 0 Å². The van der Waals surface area contributed by atoms with E-state index in [1.807, 2.05) is 12.1 Å². The number of nitrogens with one attached hydrogen (secondary N) is 1. The van der Waals surface area contributed by atoms with Crippen molar-refractivity contribution in [3.05, 3.63) is 35.7 Å². The summed E-state index contributed by atoms with van der Waals surface area (Å²) in [6.45, 7) is 6.37. The number of hydrogen-bond acceptors (Lipinski definition) is 5. The van der Waals surface area contributed by atoms with Crippen LogP contribution in [0.5, 0.6) is 0 Å². The highest BCUT2D eigenvalue weighted by molar-refractivity contribution is 5.55. The van der Waals surface area contributed by atoms with Gasteiger partial charge >= 0.3 is 0 Å². The number of benzene rings is 1. The number of ether oxygens (including phenoxy) is 1. The molecule has 106 valence electrons. The lowest BCUT2D eigenvalue weighted by molar-refractivity contribution is 0.185. The van der Waals surface area contributed by atoms with Crippen LogP contribution in [0.1, 0.15) is 24.3 Å². The van der Waals surface area contributed by atoms with Gasteiger partial charge in [-0.25, -0.2) is 0 Å². The maximum atomic E-state index is 5.52. The molecule has 20 heavy (non-hydrogen) atoms. The van der Waals surface area contributed by atoms with Crippen molar-refractivity contribution >= 4 is 0 Å². The molecule has 0 spiro atoms. The quantitative estimate of drug-likeness (QED) is 0.924. The number of hydrogen-bond donors (Lipinski definition) is 1. The molecule has 2 heterocycles. The van der Waals surface area contributed by atoms with Crippen molar-refractivity contribution in [1.29, 1.82) is 0 Å². The first-order valence-corrected chi connectivity index (χ1v) is 6.99. The second kappa shape index (κ2) is 5.73. The molecule has 5 nitrogen and oxygen atoms in total. The van der Waals surface area contributed by atoms with Crippen molar-refractivity contribution in [3.8, 4) is 11.4 Å². The van der Waals surface area contributed by atoms with Crippen LogP contribution in [-0.4, -0.2) is 35.9 Å². The Labute approximate surface area is 118 Å². The molecule has 1 aliphatic heterocycles. The van der Waals surface area contributed by atoms with E-state index in [1.165, 1.54) is 5.56 Å². The van der Waals surface area contributed by atoms with E-state index in [2.05, 4.69) is 41.4 Å². The summed E-state index contributed by atoms with van der Waals surface area (Å²) < 4.78 is 11.0. The molecule has 0 amide bonds. The van der Waals surface area contributed by atoms with Gasteiger partial charge in [0.2, 0.25) is 11.7 Å². The maximum Gasteiger partial charge on any atom is 0.234 e. The van der Waals surface area contributed by atoms with E-state index in [4.69, 9.17) is 9.26 Å². The Morgan fingerprint density at radius 3 is 3.05 bits per heavy atom. The SMILES string of the molecule is CCNC1COCC1c1nc(-c2cccc(C)c2)no1. The van der Waals surface area contributed by atoms with Gasteiger partial charge in [-0.15, -0.1) is 0 Å². The minimum atomic E-state index is 0.140. The number of rotatable bonds is 4. The summed E-state index contributed by atoms with van der Waals surface area (Å²) in [6.07, 6.45) is 0. The fraction of sp³-hybridized carbons (Fsp3) is 0.467. The predicted molar refractivity (Wildman–Crippen MR) is 75.5 cm³/mol. The molecule has 2 aromatic rings. The zero-order valence-electron chi connectivity index (χ0n) is 11.8. The molecule has 1 aliphatic rings. The van der Waals surface area contributed by atoms with Crippen LogP contribution in [0.4, 0.5) is 0 Å². The first-order valence-electron chi connectivity index (χ1n) is 6.99. The van der Waals surface area contributed by atoms with Gasteiger partial charge in [-0.2, -0.15) is 4.98 Å². The third-order valence-electron chi connectivity index (χ3n) is 3.58. The third kappa shape index (κ3) is 2.59. The lowest BCUT2D eigenvalue weighted by atomic mass is 10.0. The molecule has 2 atom stereocenters. The summed E-state index contributed by atoms with van der Waals surface area (Å²) in [5.41, 5.74) is 2.17. The molecule has 5 heteroatoms. The van der Waals surface area contributed by atoms with Crippen molar-refractivity contribution in [1.82, 2.24) is 15.5 Å². The molecule has 0 saturated carbocycles. The van der Waals surface area contributed by atoms with Gasteiger partial charge < -0.3 is 14.6 Å². The highest BCUT2D eigenvalue weighted by Crippen LogP contribution is 2.26. The first kappa shape index (κ1) is 13.3. The van der Waals surface area contributed by atoms with Gasteiger partial charge in [-0.1, -0.05) is 35.8 Å². The molecule has 1 aromatic heterocycles. The topological polar surface area (TPSA) is 60.2 Å². The van der Waals surface area contributed by atoms with Gasteiger partial charge in [0, 0.05) is 11.6 Å². The fourth-order valence-corrected chi connectivity index (χ4v) is 2.55. The Hall–Kier alpha value is -1.72. The Bertz CT molecular complexity index is 582. The van der Waals surface area contributed by atoms with Crippen molar-refractivity contribution < 1.29 is 9.26 Å². The minimum absolute atomic E-state index is 0.140. The smallest absolute Gasteiger partial charge is 0.234 e. The molecular formula is C15H19N3O2. The number of likely N-dealkylation sites (N-methyl/N-ethyl adjacent to an activating group) is 1. The normalized spacial score (nSPS) is 22.3. The van der Waals surface area contributed by atoms with E-state index in [0.29, 0.717) is 24.9 Å². The van der Waals surface area contributed by atoms with Crippen molar-refractivity contribution in [3.63, 3.8) is 0 Å². The van der Waals surface area contributed by atoms with Crippen LogP contribution in [0.25, 0.3) is 11.4 Å². The summed E-state index contributed by atoms with van der Waals surface area (Å²) in [6, 6.07) is 8.36. The number of nitrogens with zero attached hydrogens (tertiary/aromatic N) is 2. The Morgan fingerprint density at radius 1 is 1.35 bits per heavy atom. The monoisotopic (exact) mass is 273 g/mol. The average Bonchev–Trinajstić information content (AvgIpc) is 3.07. The van der Waals surface area contributed by atoms with E-state index in [-0.39, 0.29) is 12.0 Å². The van der Waals surface area contributed by atoms with E-state index in [0.717, 1.165) is 12.1 Å². The highest BCUT2D eigenvalue weighted by atomic mass is 16.5. The fourth-order valence-electron chi connectivity index (χ4n) is 2.55. The molecule has 1 saturated heterocycles. The second-order valence-corrected chi connectivity index (χ2v) is 5.13. The van der Waals surface area contributed by atoms with E-state index < -0.39 is 0 Å². The number of aryl methyl sites for hydroxylation is 1. The lowest BCUT2D eigenvalue weighted by Gasteiger charge is -2.13. The molecule has 1 aromatic carbocycles. The molecule has 0 aliphatic carbocycles. The summed E-state index contributed by atoms with van der Waals surface area (Å²) in [4.78, 5) is 4.54.